The number of hydrogen-bond donors (Lipinski definition) is 1. The zero-order chi connectivity index (χ0) is 18.0. The number of amides is 1. The van der Waals surface area contributed by atoms with Crippen LogP contribution in [0.3, 0.4) is 0 Å². The Hall–Kier alpha value is -2.60. The maximum Gasteiger partial charge on any atom is 0.275 e. The van der Waals surface area contributed by atoms with E-state index in [2.05, 4.69) is 40.6 Å². The second kappa shape index (κ2) is 7.11. The summed E-state index contributed by atoms with van der Waals surface area (Å²) in [7, 11) is 0. The van der Waals surface area contributed by atoms with E-state index in [1.54, 1.807) is 28.7 Å². The average molecular weight is 358 g/mol. The summed E-state index contributed by atoms with van der Waals surface area (Å²) in [5.41, 5.74) is 3.99. The SMILES string of the molecule is CCn1nc(C)c(Cl)c1C(=O)Nc1cnn(Cc2cccc(C)c2)c1. The number of halogens is 1. The Morgan fingerprint density at radius 1 is 1.32 bits per heavy atom. The molecular formula is C18H20ClN5O. The largest absolute Gasteiger partial charge is 0.318 e. The topological polar surface area (TPSA) is 64.7 Å². The van der Waals surface area contributed by atoms with Crippen LogP contribution in [-0.2, 0) is 13.1 Å². The quantitative estimate of drug-likeness (QED) is 0.757. The van der Waals surface area contributed by atoms with Crippen molar-refractivity contribution >= 4 is 23.2 Å². The summed E-state index contributed by atoms with van der Waals surface area (Å²) >= 11 is 6.22. The Balaban J connectivity index is 1.74. The van der Waals surface area contributed by atoms with Crippen LogP contribution in [0.1, 0.15) is 34.2 Å². The predicted octanol–water partition coefficient (Wildman–Crippen LogP) is 3.67. The van der Waals surface area contributed by atoms with E-state index in [0.29, 0.717) is 35.2 Å². The molecule has 7 heteroatoms. The fraction of sp³-hybridized carbons (Fsp3) is 0.278. The number of nitrogens with zero attached hydrogens (tertiary/aromatic N) is 4. The van der Waals surface area contributed by atoms with Crippen LogP contribution in [0, 0.1) is 13.8 Å². The van der Waals surface area contributed by atoms with Gasteiger partial charge in [0, 0.05) is 12.7 Å². The summed E-state index contributed by atoms with van der Waals surface area (Å²) in [5, 5.41) is 11.8. The van der Waals surface area contributed by atoms with Gasteiger partial charge in [0.25, 0.3) is 5.91 Å². The molecule has 25 heavy (non-hydrogen) atoms. The molecule has 2 heterocycles. The lowest BCUT2D eigenvalue weighted by Gasteiger charge is -2.05. The Kier molecular flexibility index (Phi) is 4.90. The van der Waals surface area contributed by atoms with Crippen molar-refractivity contribution in [1.82, 2.24) is 19.6 Å². The Morgan fingerprint density at radius 2 is 2.12 bits per heavy atom. The highest BCUT2D eigenvalue weighted by molar-refractivity contribution is 6.34. The Morgan fingerprint density at radius 3 is 2.84 bits per heavy atom. The molecule has 1 amide bonds. The molecule has 0 fully saturated rings. The fourth-order valence-electron chi connectivity index (χ4n) is 2.71. The van der Waals surface area contributed by atoms with Crippen LogP contribution in [0.15, 0.2) is 36.7 Å². The highest BCUT2D eigenvalue weighted by Gasteiger charge is 2.20. The first-order valence-electron chi connectivity index (χ1n) is 8.10. The number of benzene rings is 1. The molecule has 1 aromatic carbocycles. The van der Waals surface area contributed by atoms with E-state index in [1.165, 1.54) is 5.56 Å². The van der Waals surface area contributed by atoms with E-state index in [4.69, 9.17) is 11.6 Å². The number of nitrogens with one attached hydrogen (secondary N) is 1. The molecule has 0 atom stereocenters. The van der Waals surface area contributed by atoms with Gasteiger partial charge in [-0.3, -0.25) is 14.2 Å². The van der Waals surface area contributed by atoms with Crippen LogP contribution < -0.4 is 5.32 Å². The van der Waals surface area contributed by atoms with Crippen molar-refractivity contribution < 1.29 is 4.79 Å². The van der Waals surface area contributed by atoms with Gasteiger partial charge in [-0.15, -0.1) is 0 Å². The van der Waals surface area contributed by atoms with Gasteiger partial charge in [0.2, 0.25) is 0 Å². The summed E-state index contributed by atoms with van der Waals surface area (Å²) < 4.78 is 3.39. The van der Waals surface area contributed by atoms with Gasteiger partial charge in [-0.2, -0.15) is 10.2 Å². The van der Waals surface area contributed by atoms with Gasteiger partial charge in [0.15, 0.2) is 0 Å². The lowest BCUT2D eigenvalue weighted by molar-refractivity contribution is 0.101. The second-order valence-electron chi connectivity index (χ2n) is 5.93. The first kappa shape index (κ1) is 17.2. The van der Waals surface area contributed by atoms with E-state index in [9.17, 15) is 4.79 Å². The van der Waals surface area contributed by atoms with Crippen molar-refractivity contribution in [2.24, 2.45) is 0 Å². The van der Waals surface area contributed by atoms with Crippen LogP contribution in [0.2, 0.25) is 5.02 Å². The lowest BCUT2D eigenvalue weighted by atomic mass is 10.1. The maximum atomic E-state index is 12.5. The minimum Gasteiger partial charge on any atom is -0.318 e. The summed E-state index contributed by atoms with van der Waals surface area (Å²) in [4.78, 5) is 12.5. The number of carbonyl (C=O) groups excluding carboxylic acids is 1. The highest BCUT2D eigenvalue weighted by atomic mass is 35.5. The third-order valence-electron chi connectivity index (χ3n) is 3.89. The fourth-order valence-corrected chi connectivity index (χ4v) is 2.93. The van der Waals surface area contributed by atoms with Crippen molar-refractivity contribution in [2.75, 3.05) is 5.32 Å². The van der Waals surface area contributed by atoms with Crippen LogP contribution >= 0.6 is 11.6 Å². The third-order valence-corrected chi connectivity index (χ3v) is 4.34. The molecule has 3 rings (SSSR count). The smallest absolute Gasteiger partial charge is 0.275 e. The second-order valence-corrected chi connectivity index (χ2v) is 6.31. The van der Waals surface area contributed by atoms with Crippen molar-refractivity contribution in [1.29, 1.82) is 0 Å². The standard InChI is InChI=1S/C18H20ClN5O/c1-4-24-17(16(19)13(3)22-24)18(25)21-15-9-20-23(11-15)10-14-7-5-6-12(2)8-14/h5-9,11H,4,10H2,1-3H3,(H,21,25). The van der Waals surface area contributed by atoms with Crippen molar-refractivity contribution in [3.63, 3.8) is 0 Å². The van der Waals surface area contributed by atoms with Gasteiger partial charge in [-0.1, -0.05) is 41.4 Å². The van der Waals surface area contributed by atoms with E-state index >= 15 is 0 Å². The van der Waals surface area contributed by atoms with E-state index in [-0.39, 0.29) is 5.91 Å². The summed E-state index contributed by atoms with van der Waals surface area (Å²) in [6.45, 7) is 6.97. The molecule has 130 valence electrons. The van der Waals surface area contributed by atoms with Crippen LogP contribution in [-0.4, -0.2) is 25.5 Å². The zero-order valence-corrected chi connectivity index (χ0v) is 15.2. The molecule has 0 unspecified atom stereocenters. The molecule has 0 aliphatic carbocycles. The number of hydrogen-bond acceptors (Lipinski definition) is 3. The minimum atomic E-state index is -0.289. The van der Waals surface area contributed by atoms with E-state index in [1.807, 2.05) is 13.0 Å². The van der Waals surface area contributed by atoms with Gasteiger partial charge < -0.3 is 5.32 Å². The first-order chi connectivity index (χ1) is 12.0. The van der Waals surface area contributed by atoms with Crippen LogP contribution in [0.5, 0.6) is 0 Å². The summed E-state index contributed by atoms with van der Waals surface area (Å²) in [6.07, 6.45) is 3.43. The van der Waals surface area contributed by atoms with Gasteiger partial charge in [-0.25, -0.2) is 0 Å². The molecule has 0 aliphatic heterocycles. The molecule has 0 saturated carbocycles. The van der Waals surface area contributed by atoms with E-state index in [0.717, 1.165) is 5.56 Å². The predicted molar refractivity (Wildman–Crippen MR) is 98.1 cm³/mol. The monoisotopic (exact) mass is 357 g/mol. The highest BCUT2D eigenvalue weighted by Crippen LogP contribution is 2.21. The van der Waals surface area contributed by atoms with E-state index < -0.39 is 0 Å². The molecule has 6 nitrogen and oxygen atoms in total. The molecule has 0 saturated heterocycles. The molecule has 2 aromatic heterocycles. The minimum absolute atomic E-state index is 0.289. The molecule has 0 spiro atoms. The summed E-state index contributed by atoms with van der Waals surface area (Å²) in [6, 6.07) is 8.24. The summed E-state index contributed by atoms with van der Waals surface area (Å²) in [5.74, 6) is -0.289. The molecular weight excluding hydrogens is 338 g/mol. The Labute approximate surface area is 151 Å². The van der Waals surface area contributed by atoms with Crippen molar-refractivity contribution in [2.45, 2.75) is 33.9 Å². The van der Waals surface area contributed by atoms with Crippen molar-refractivity contribution in [3.05, 3.63) is 64.2 Å². The number of rotatable bonds is 5. The van der Waals surface area contributed by atoms with Gasteiger partial charge in [0.05, 0.1) is 29.1 Å². The first-order valence-corrected chi connectivity index (χ1v) is 8.48. The number of aromatic nitrogens is 4. The lowest BCUT2D eigenvalue weighted by Crippen LogP contribution is -2.17. The zero-order valence-electron chi connectivity index (χ0n) is 14.5. The van der Waals surface area contributed by atoms with Gasteiger partial charge >= 0.3 is 0 Å². The Bertz CT molecular complexity index is 912. The molecule has 0 radical (unpaired) electrons. The van der Waals surface area contributed by atoms with Crippen molar-refractivity contribution in [3.8, 4) is 0 Å². The normalized spacial score (nSPS) is 10.9. The maximum absolute atomic E-state index is 12.5. The molecule has 1 N–H and O–H groups in total. The van der Waals surface area contributed by atoms with Crippen LogP contribution in [0.25, 0.3) is 0 Å². The molecule has 0 aliphatic rings. The van der Waals surface area contributed by atoms with Gasteiger partial charge in [0.1, 0.15) is 5.69 Å². The molecule has 3 aromatic rings. The van der Waals surface area contributed by atoms with Crippen LogP contribution in [0.4, 0.5) is 5.69 Å². The number of anilines is 1. The average Bonchev–Trinajstić information content (AvgIpc) is 3.12. The number of aryl methyl sites for hydroxylation is 3. The number of carbonyl (C=O) groups is 1. The molecule has 0 bridgehead atoms. The third kappa shape index (κ3) is 3.74. The van der Waals surface area contributed by atoms with Gasteiger partial charge in [-0.05, 0) is 26.3 Å².